The first-order chi connectivity index (χ1) is 7.84. The highest BCUT2D eigenvalue weighted by molar-refractivity contribution is 5.54. The van der Waals surface area contributed by atoms with Crippen LogP contribution < -0.4 is 5.32 Å². The van der Waals surface area contributed by atoms with E-state index in [0.29, 0.717) is 0 Å². The second kappa shape index (κ2) is 5.12. The first-order valence-electron chi connectivity index (χ1n) is 5.08. The number of rotatable bonds is 3. The fourth-order valence-corrected chi connectivity index (χ4v) is 1.34. The van der Waals surface area contributed by atoms with Crippen molar-refractivity contribution in [2.24, 2.45) is 0 Å². The molecular formula is C14H12FN. The van der Waals surface area contributed by atoms with E-state index in [2.05, 4.69) is 5.32 Å². The Hall–Kier alpha value is -2.09. The summed E-state index contributed by atoms with van der Waals surface area (Å²) in [5.74, 6) is -0.215. The number of nitrogens with one attached hydrogen (secondary N) is 1. The third kappa shape index (κ3) is 2.95. The normalized spacial score (nSPS) is 10.6. The number of halogens is 1. The summed E-state index contributed by atoms with van der Waals surface area (Å²) >= 11 is 0. The third-order valence-corrected chi connectivity index (χ3v) is 2.17. The minimum absolute atomic E-state index is 0.215. The number of benzene rings is 2. The lowest BCUT2D eigenvalue weighted by Crippen LogP contribution is -1.85. The van der Waals surface area contributed by atoms with Crippen molar-refractivity contribution >= 4 is 11.8 Å². The van der Waals surface area contributed by atoms with Gasteiger partial charge in [-0.1, -0.05) is 30.3 Å². The summed E-state index contributed by atoms with van der Waals surface area (Å²) in [6, 6.07) is 16.2. The lowest BCUT2D eigenvalue weighted by Gasteiger charge is -1.99. The van der Waals surface area contributed by atoms with E-state index in [1.807, 2.05) is 42.6 Å². The van der Waals surface area contributed by atoms with E-state index in [1.54, 1.807) is 12.1 Å². The Morgan fingerprint density at radius 3 is 2.25 bits per heavy atom. The maximum Gasteiger partial charge on any atom is 0.123 e. The van der Waals surface area contributed by atoms with E-state index in [4.69, 9.17) is 0 Å². The predicted molar refractivity (Wildman–Crippen MR) is 65.5 cm³/mol. The zero-order valence-corrected chi connectivity index (χ0v) is 8.73. The van der Waals surface area contributed by atoms with Crippen LogP contribution in [0.15, 0.2) is 60.8 Å². The van der Waals surface area contributed by atoms with Gasteiger partial charge in [-0.2, -0.15) is 0 Å². The van der Waals surface area contributed by atoms with Gasteiger partial charge < -0.3 is 5.32 Å². The van der Waals surface area contributed by atoms with Gasteiger partial charge in [0.15, 0.2) is 0 Å². The van der Waals surface area contributed by atoms with Crippen LogP contribution >= 0.6 is 0 Å². The van der Waals surface area contributed by atoms with Crippen molar-refractivity contribution in [2.75, 3.05) is 5.32 Å². The molecule has 0 bridgehead atoms. The van der Waals surface area contributed by atoms with Crippen molar-refractivity contribution in [3.8, 4) is 0 Å². The van der Waals surface area contributed by atoms with Crippen molar-refractivity contribution in [3.63, 3.8) is 0 Å². The van der Waals surface area contributed by atoms with Crippen LogP contribution in [0.2, 0.25) is 0 Å². The molecule has 0 amide bonds. The molecule has 0 aromatic heterocycles. The highest BCUT2D eigenvalue weighted by Gasteiger charge is 1.88. The summed E-state index contributed by atoms with van der Waals surface area (Å²) in [5.41, 5.74) is 1.99. The summed E-state index contributed by atoms with van der Waals surface area (Å²) in [6.07, 6.45) is 3.73. The molecule has 0 radical (unpaired) electrons. The van der Waals surface area contributed by atoms with E-state index in [0.717, 1.165) is 11.3 Å². The Morgan fingerprint density at radius 1 is 0.875 bits per heavy atom. The van der Waals surface area contributed by atoms with Gasteiger partial charge in [0.2, 0.25) is 0 Å². The largest absolute Gasteiger partial charge is 0.362 e. The first-order valence-corrected chi connectivity index (χ1v) is 5.08. The molecule has 2 rings (SSSR count). The van der Waals surface area contributed by atoms with E-state index >= 15 is 0 Å². The van der Waals surface area contributed by atoms with Crippen LogP contribution in [0.3, 0.4) is 0 Å². The highest BCUT2D eigenvalue weighted by Crippen LogP contribution is 2.07. The molecule has 0 saturated carbocycles. The van der Waals surface area contributed by atoms with Gasteiger partial charge in [0.05, 0.1) is 0 Å². The molecule has 0 heterocycles. The van der Waals surface area contributed by atoms with Crippen LogP contribution in [0.4, 0.5) is 10.1 Å². The minimum Gasteiger partial charge on any atom is -0.362 e. The van der Waals surface area contributed by atoms with Gasteiger partial charge in [0.1, 0.15) is 5.82 Å². The second-order valence-electron chi connectivity index (χ2n) is 3.40. The van der Waals surface area contributed by atoms with E-state index in [9.17, 15) is 4.39 Å². The fourth-order valence-electron chi connectivity index (χ4n) is 1.34. The predicted octanol–water partition coefficient (Wildman–Crippen LogP) is 3.91. The van der Waals surface area contributed by atoms with E-state index < -0.39 is 0 Å². The molecule has 0 saturated heterocycles. The summed E-state index contributed by atoms with van der Waals surface area (Å²) < 4.78 is 12.6. The zero-order valence-electron chi connectivity index (χ0n) is 8.73. The van der Waals surface area contributed by atoms with Crippen molar-refractivity contribution in [3.05, 3.63) is 72.2 Å². The highest BCUT2D eigenvalue weighted by atomic mass is 19.1. The molecule has 2 heteroatoms. The van der Waals surface area contributed by atoms with Gasteiger partial charge in [-0.3, -0.25) is 0 Å². The van der Waals surface area contributed by atoms with Crippen LogP contribution in [0.5, 0.6) is 0 Å². The van der Waals surface area contributed by atoms with Crippen molar-refractivity contribution in [1.82, 2.24) is 0 Å². The van der Waals surface area contributed by atoms with Crippen molar-refractivity contribution in [1.29, 1.82) is 0 Å². The molecule has 0 spiro atoms. The fraction of sp³-hybridized carbons (Fsp3) is 0. The standard InChI is InChI=1S/C14H12FN/c15-13-8-6-12(7-9-13)10-11-16-14-4-2-1-3-5-14/h1-11,16H. The minimum atomic E-state index is -0.215. The molecule has 0 aliphatic carbocycles. The molecule has 1 nitrogen and oxygen atoms in total. The molecule has 2 aromatic carbocycles. The van der Waals surface area contributed by atoms with Crippen LogP contribution in [0.25, 0.3) is 6.08 Å². The number of anilines is 1. The molecule has 0 atom stereocenters. The first kappa shape index (κ1) is 10.4. The average Bonchev–Trinajstić information content (AvgIpc) is 2.33. The Morgan fingerprint density at radius 2 is 1.56 bits per heavy atom. The van der Waals surface area contributed by atoms with Gasteiger partial charge in [-0.15, -0.1) is 0 Å². The lowest BCUT2D eigenvalue weighted by atomic mass is 10.2. The smallest absolute Gasteiger partial charge is 0.123 e. The summed E-state index contributed by atoms with van der Waals surface area (Å²) in [7, 11) is 0. The Labute approximate surface area is 94.2 Å². The Balaban J connectivity index is 1.98. The maximum atomic E-state index is 12.6. The topological polar surface area (TPSA) is 12.0 Å². The van der Waals surface area contributed by atoms with Gasteiger partial charge in [0, 0.05) is 11.9 Å². The summed E-state index contributed by atoms with van der Waals surface area (Å²) in [4.78, 5) is 0. The van der Waals surface area contributed by atoms with E-state index in [-0.39, 0.29) is 5.82 Å². The number of hydrogen-bond donors (Lipinski definition) is 1. The summed E-state index contributed by atoms with van der Waals surface area (Å²) in [6.45, 7) is 0. The average molecular weight is 213 g/mol. The molecule has 0 aliphatic rings. The second-order valence-corrected chi connectivity index (χ2v) is 3.40. The molecule has 1 N–H and O–H groups in total. The van der Waals surface area contributed by atoms with Gasteiger partial charge in [0.25, 0.3) is 0 Å². The third-order valence-electron chi connectivity index (χ3n) is 2.17. The SMILES string of the molecule is Fc1ccc(C=CNc2ccccc2)cc1. The molecule has 80 valence electrons. The van der Waals surface area contributed by atoms with Crippen molar-refractivity contribution < 1.29 is 4.39 Å². The maximum absolute atomic E-state index is 12.6. The Kier molecular flexibility index (Phi) is 3.34. The molecule has 16 heavy (non-hydrogen) atoms. The molecule has 0 unspecified atom stereocenters. The molecular weight excluding hydrogens is 201 g/mol. The number of hydrogen-bond acceptors (Lipinski definition) is 1. The summed E-state index contributed by atoms with van der Waals surface area (Å²) in [5, 5.41) is 3.13. The van der Waals surface area contributed by atoms with E-state index in [1.165, 1.54) is 12.1 Å². The number of para-hydroxylation sites is 1. The molecule has 0 fully saturated rings. The zero-order chi connectivity index (χ0) is 11.2. The monoisotopic (exact) mass is 213 g/mol. The van der Waals surface area contributed by atoms with Gasteiger partial charge >= 0.3 is 0 Å². The van der Waals surface area contributed by atoms with Gasteiger partial charge in [-0.05, 0) is 35.9 Å². The molecule has 2 aromatic rings. The van der Waals surface area contributed by atoms with Crippen molar-refractivity contribution in [2.45, 2.75) is 0 Å². The van der Waals surface area contributed by atoms with Crippen LogP contribution in [0, 0.1) is 5.82 Å². The lowest BCUT2D eigenvalue weighted by molar-refractivity contribution is 0.628. The van der Waals surface area contributed by atoms with Gasteiger partial charge in [-0.25, -0.2) is 4.39 Å². The molecule has 0 aliphatic heterocycles. The van der Waals surface area contributed by atoms with Crippen LogP contribution in [-0.4, -0.2) is 0 Å². The Bertz CT molecular complexity index is 460. The van der Waals surface area contributed by atoms with Crippen LogP contribution in [0.1, 0.15) is 5.56 Å². The van der Waals surface area contributed by atoms with Crippen LogP contribution in [-0.2, 0) is 0 Å². The quantitative estimate of drug-likeness (QED) is 0.815.